The Kier molecular flexibility index (Phi) is 12.8. The normalized spacial score (nSPS) is 18.4. The number of nitrogens with zero attached hydrogens (tertiary/aromatic N) is 1. The van der Waals surface area contributed by atoms with E-state index < -0.39 is 0 Å². The molecule has 1 aliphatic carbocycles. The quantitative estimate of drug-likeness (QED) is 0.743. The Morgan fingerprint density at radius 1 is 0.955 bits per heavy atom. The Morgan fingerprint density at radius 2 is 1.50 bits per heavy atom. The van der Waals surface area contributed by atoms with Gasteiger partial charge in [0, 0.05) is 18.7 Å². The molecule has 3 heteroatoms. The third-order valence-electron chi connectivity index (χ3n) is 4.29. The third-order valence-corrected chi connectivity index (χ3v) is 4.29. The molecule has 1 fully saturated rings. The predicted molar refractivity (Wildman–Crippen MR) is 93.9 cm³/mol. The number of amides is 1. The van der Waals surface area contributed by atoms with Gasteiger partial charge in [0.25, 0.3) is 0 Å². The van der Waals surface area contributed by atoms with Crippen LogP contribution in [-0.4, -0.2) is 30.7 Å². The molecule has 1 amide bonds. The second-order valence-corrected chi connectivity index (χ2v) is 5.75. The van der Waals surface area contributed by atoms with E-state index in [4.69, 9.17) is 4.79 Å². The van der Waals surface area contributed by atoms with Crippen molar-refractivity contribution < 1.29 is 9.59 Å². The highest BCUT2D eigenvalue weighted by molar-refractivity contribution is 5.94. The minimum atomic E-state index is 0.375. The molecule has 2 aliphatic rings. The Labute approximate surface area is 137 Å². The fraction of sp³-hybridized carbons (Fsp3) is 0.789. The molecule has 0 radical (unpaired) electrons. The first kappa shape index (κ1) is 20.9. The Balaban J connectivity index is 0.00000102. The van der Waals surface area contributed by atoms with Gasteiger partial charge in [0.15, 0.2) is 0 Å². The summed E-state index contributed by atoms with van der Waals surface area (Å²) in [6.07, 6.45) is 12.0. The van der Waals surface area contributed by atoms with Gasteiger partial charge in [-0.2, -0.15) is 0 Å². The second kappa shape index (κ2) is 13.5. The Morgan fingerprint density at radius 3 is 2.05 bits per heavy atom. The van der Waals surface area contributed by atoms with E-state index in [9.17, 15) is 4.79 Å². The zero-order chi connectivity index (χ0) is 16.8. The molecule has 0 aromatic heterocycles. The number of likely N-dealkylation sites (tertiary alicyclic amines) is 1. The zero-order valence-electron chi connectivity index (χ0n) is 15.0. The highest BCUT2D eigenvalue weighted by atomic mass is 16.2. The fourth-order valence-electron chi connectivity index (χ4n) is 3.27. The lowest BCUT2D eigenvalue weighted by molar-refractivity contribution is -0.127. The summed E-state index contributed by atoms with van der Waals surface area (Å²) in [5.41, 5.74) is 2.66. The average Bonchev–Trinajstić information content (AvgIpc) is 2.88. The summed E-state index contributed by atoms with van der Waals surface area (Å²) in [5.74, 6) is 0.375. The van der Waals surface area contributed by atoms with Gasteiger partial charge in [-0.15, -0.1) is 0 Å². The highest BCUT2D eigenvalue weighted by Crippen LogP contribution is 2.29. The van der Waals surface area contributed by atoms with Crippen molar-refractivity contribution in [2.45, 2.75) is 85.0 Å². The smallest absolute Gasteiger partial charge is 0.249 e. The standard InChI is InChI=1S/C16H27NO.C2H6.CH2O/c1-2-9-14-10-5-6-11-15(14)16(18)17-12-7-3-4-8-13-17;2*1-2/h2-13H2,1H3;1-2H3;1H2. The summed E-state index contributed by atoms with van der Waals surface area (Å²) in [7, 11) is 0. The molecule has 0 atom stereocenters. The maximum absolute atomic E-state index is 12.7. The summed E-state index contributed by atoms with van der Waals surface area (Å²) >= 11 is 0. The predicted octanol–water partition coefficient (Wildman–Crippen LogP) is 4.90. The van der Waals surface area contributed by atoms with Crippen LogP contribution in [0.5, 0.6) is 0 Å². The molecule has 0 bridgehead atoms. The number of carbonyl (C=O) groups excluding carboxylic acids is 2. The van der Waals surface area contributed by atoms with Crippen LogP contribution in [0.1, 0.15) is 85.0 Å². The van der Waals surface area contributed by atoms with Gasteiger partial charge in [-0.25, -0.2) is 0 Å². The van der Waals surface area contributed by atoms with Gasteiger partial charge in [-0.1, -0.05) is 45.6 Å². The summed E-state index contributed by atoms with van der Waals surface area (Å²) in [6, 6.07) is 0. The largest absolute Gasteiger partial charge is 0.339 e. The molecule has 0 aromatic carbocycles. The SMILES string of the molecule is C=O.CC.CCCC1=C(C(=O)N2CCCCCC2)CCCC1. The average molecular weight is 309 g/mol. The van der Waals surface area contributed by atoms with E-state index in [1.807, 2.05) is 20.6 Å². The van der Waals surface area contributed by atoms with Gasteiger partial charge in [0.05, 0.1) is 0 Å². The number of allylic oxidation sites excluding steroid dienone is 1. The number of hydrogen-bond donors (Lipinski definition) is 0. The van der Waals surface area contributed by atoms with Gasteiger partial charge < -0.3 is 9.69 Å². The van der Waals surface area contributed by atoms with Gasteiger partial charge in [-0.3, -0.25) is 4.79 Å². The van der Waals surface area contributed by atoms with Crippen molar-refractivity contribution in [1.82, 2.24) is 4.90 Å². The highest BCUT2D eigenvalue weighted by Gasteiger charge is 2.23. The molecule has 1 aliphatic heterocycles. The maximum Gasteiger partial charge on any atom is 0.249 e. The Bertz CT molecular complexity index is 328. The summed E-state index contributed by atoms with van der Waals surface area (Å²) in [5, 5.41) is 0. The number of rotatable bonds is 3. The van der Waals surface area contributed by atoms with Crippen molar-refractivity contribution in [3.05, 3.63) is 11.1 Å². The molecular weight excluding hydrogens is 274 g/mol. The minimum absolute atomic E-state index is 0.375. The van der Waals surface area contributed by atoms with Crippen molar-refractivity contribution >= 4 is 12.7 Å². The first-order valence-electron chi connectivity index (χ1n) is 9.12. The van der Waals surface area contributed by atoms with Gasteiger partial charge in [-0.05, 0) is 44.9 Å². The molecule has 128 valence electrons. The van der Waals surface area contributed by atoms with Crippen LogP contribution in [0.25, 0.3) is 0 Å². The lowest BCUT2D eigenvalue weighted by Gasteiger charge is -2.26. The van der Waals surface area contributed by atoms with Crippen LogP contribution in [0.4, 0.5) is 0 Å². The van der Waals surface area contributed by atoms with Crippen LogP contribution in [0.3, 0.4) is 0 Å². The van der Waals surface area contributed by atoms with Gasteiger partial charge >= 0.3 is 0 Å². The molecule has 22 heavy (non-hydrogen) atoms. The lowest BCUT2D eigenvalue weighted by atomic mass is 9.88. The number of hydrogen-bond acceptors (Lipinski definition) is 2. The van der Waals surface area contributed by atoms with Crippen LogP contribution in [0.2, 0.25) is 0 Å². The van der Waals surface area contributed by atoms with Crippen LogP contribution in [0.15, 0.2) is 11.1 Å². The summed E-state index contributed by atoms with van der Waals surface area (Å²) < 4.78 is 0. The van der Waals surface area contributed by atoms with Gasteiger partial charge in [0.2, 0.25) is 5.91 Å². The molecular formula is C19H35NO2. The van der Waals surface area contributed by atoms with Crippen molar-refractivity contribution in [2.24, 2.45) is 0 Å². The van der Waals surface area contributed by atoms with Crippen LogP contribution >= 0.6 is 0 Å². The Hall–Kier alpha value is -1.12. The van der Waals surface area contributed by atoms with E-state index in [0.717, 1.165) is 25.9 Å². The lowest BCUT2D eigenvalue weighted by Crippen LogP contribution is -2.34. The molecule has 2 rings (SSSR count). The van der Waals surface area contributed by atoms with E-state index in [2.05, 4.69) is 11.8 Å². The maximum atomic E-state index is 12.7. The first-order chi connectivity index (χ1) is 10.8. The molecule has 0 spiro atoms. The van der Waals surface area contributed by atoms with Gasteiger partial charge in [0.1, 0.15) is 6.79 Å². The molecule has 0 saturated carbocycles. The van der Waals surface area contributed by atoms with Crippen molar-refractivity contribution in [1.29, 1.82) is 0 Å². The fourth-order valence-corrected chi connectivity index (χ4v) is 3.27. The molecule has 1 heterocycles. The molecule has 0 unspecified atom stereocenters. The molecule has 3 nitrogen and oxygen atoms in total. The van der Waals surface area contributed by atoms with E-state index in [0.29, 0.717) is 5.91 Å². The van der Waals surface area contributed by atoms with E-state index >= 15 is 0 Å². The first-order valence-corrected chi connectivity index (χ1v) is 9.12. The van der Waals surface area contributed by atoms with E-state index in [1.54, 1.807) is 0 Å². The minimum Gasteiger partial charge on any atom is -0.339 e. The summed E-state index contributed by atoms with van der Waals surface area (Å²) in [4.78, 5) is 22.8. The molecule has 0 N–H and O–H groups in total. The van der Waals surface area contributed by atoms with E-state index in [1.165, 1.54) is 62.5 Å². The van der Waals surface area contributed by atoms with E-state index in [-0.39, 0.29) is 0 Å². The molecule has 0 aromatic rings. The van der Waals surface area contributed by atoms with Crippen molar-refractivity contribution in [3.63, 3.8) is 0 Å². The second-order valence-electron chi connectivity index (χ2n) is 5.75. The molecule has 1 saturated heterocycles. The van der Waals surface area contributed by atoms with Crippen molar-refractivity contribution in [3.8, 4) is 0 Å². The monoisotopic (exact) mass is 309 g/mol. The van der Waals surface area contributed by atoms with Crippen LogP contribution < -0.4 is 0 Å². The van der Waals surface area contributed by atoms with Crippen molar-refractivity contribution in [2.75, 3.05) is 13.1 Å². The summed E-state index contributed by atoms with van der Waals surface area (Å²) in [6.45, 7) is 10.2. The number of carbonyl (C=O) groups is 2. The van der Waals surface area contributed by atoms with Crippen LogP contribution in [0, 0.1) is 0 Å². The van der Waals surface area contributed by atoms with Crippen LogP contribution in [-0.2, 0) is 9.59 Å². The third kappa shape index (κ3) is 6.76. The zero-order valence-corrected chi connectivity index (χ0v) is 15.0. The topological polar surface area (TPSA) is 37.4 Å².